The number of ether oxygens (including phenoxy) is 2. The van der Waals surface area contributed by atoms with E-state index < -0.39 is 29.2 Å². The molecule has 3 N–H and O–H groups in total. The highest BCUT2D eigenvalue weighted by Crippen LogP contribution is 2.36. The second kappa shape index (κ2) is 10.9. The van der Waals surface area contributed by atoms with Crippen LogP contribution in [0.4, 0.5) is 18.9 Å². The van der Waals surface area contributed by atoms with Gasteiger partial charge in [0.25, 0.3) is 0 Å². The molecule has 0 spiro atoms. The number of methoxy groups -OCH3 is 1. The van der Waals surface area contributed by atoms with Gasteiger partial charge in [0.15, 0.2) is 0 Å². The van der Waals surface area contributed by atoms with E-state index in [1.54, 1.807) is 12.1 Å². The molecule has 0 aliphatic carbocycles. The molecule has 2 aromatic rings. The van der Waals surface area contributed by atoms with E-state index in [1.807, 2.05) is 18.9 Å². The van der Waals surface area contributed by atoms with Crippen LogP contribution in [0.3, 0.4) is 0 Å². The van der Waals surface area contributed by atoms with E-state index in [0.717, 1.165) is 11.8 Å². The smallest absolute Gasteiger partial charge is 0.433 e. The highest BCUT2D eigenvalue weighted by molar-refractivity contribution is 6.04. The van der Waals surface area contributed by atoms with Gasteiger partial charge >= 0.3 is 12.1 Å². The number of aromatic carboxylic acids is 1. The Morgan fingerprint density at radius 3 is 2.39 bits per heavy atom. The summed E-state index contributed by atoms with van der Waals surface area (Å²) in [6, 6.07) is 7.14. The number of anilines is 1. The van der Waals surface area contributed by atoms with E-state index in [0.29, 0.717) is 25.8 Å². The molecule has 0 atom stereocenters. The zero-order valence-corrected chi connectivity index (χ0v) is 18.6. The molecule has 10 heteroatoms. The summed E-state index contributed by atoms with van der Waals surface area (Å²) in [5, 5.41) is 26.8. The van der Waals surface area contributed by atoms with Crippen molar-refractivity contribution in [2.45, 2.75) is 32.4 Å². The van der Waals surface area contributed by atoms with E-state index in [-0.39, 0.29) is 29.2 Å². The van der Waals surface area contributed by atoms with Crippen LogP contribution in [-0.2, 0) is 6.42 Å². The van der Waals surface area contributed by atoms with Gasteiger partial charge in [0.1, 0.15) is 28.5 Å². The van der Waals surface area contributed by atoms with E-state index >= 15 is 0 Å². The molecule has 0 radical (unpaired) electrons. The van der Waals surface area contributed by atoms with Crippen LogP contribution in [0, 0.1) is 5.41 Å². The van der Waals surface area contributed by atoms with Crippen LogP contribution < -0.4 is 14.4 Å². The number of alkyl halides is 3. The van der Waals surface area contributed by atoms with Crippen molar-refractivity contribution >= 4 is 17.4 Å². The molecule has 7 nitrogen and oxygen atoms in total. The van der Waals surface area contributed by atoms with Crippen LogP contribution >= 0.6 is 0 Å². The van der Waals surface area contributed by atoms with E-state index in [1.165, 1.54) is 19.2 Å². The van der Waals surface area contributed by atoms with Crippen LogP contribution in [0.2, 0.25) is 0 Å². The lowest BCUT2D eigenvalue weighted by molar-refractivity contribution is -0.0588. The largest absolute Gasteiger partial charge is 0.507 e. The van der Waals surface area contributed by atoms with Crippen LogP contribution in [-0.4, -0.2) is 55.4 Å². The molecular formula is C23H27F3N2O5. The molecule has 0 aliphatic rings. The first-order chi connectivity index (χ1) is 15.5. The van der Waals surface area contributed by atoms with E-state index in [2.05, 4.69) is 0 Å². The van der Waals surface area contributed by atoms with Crippen LogP contribution in [0.5, 0.6) is 17.2 Å². The normalized spacial score (nSPS) is 11.2. The Balaban J connectivity index is 2.06. The van der Waals surface area contributed by atoms with Gasteiger partial charge in [-0.25, -0.2) is 4.79 Å². The predicted molar refractivity (Wildman–Crippen MR) is 118 cm³/mol. The third-order valence-electron chi connectivity index (χ3n) is 5.04. The molecule has 2 aromatic carbocycles. The van der Waals surface area contributed by atoms with Gasteiger partial charge < -0.3 is 24.6 Å². The lowest BCUT2D eigenvalue weighted by atomic mass is 10.00. The summed E-state index contributed by atoms with van der Waals surface area (Å²) in [5.74, 6) is -1.15. The number of aromatic hydroxyl groups is 1. The van der Waals surface area contributed by atoms with Crippen molar-refractivity contribution in [3.63, 3.8) is 0 Å². The number of benzene rings is 2. The van der Waals surface area contributed by atoms with E-state index in [4.69, 9.17) is 14.9 Å². The third kappa shape index (κ3) is 6.30. The summed E-state index contributed by atoms with van der Waals surface area (Å²) < 4.78 is 49.6. The SMILES string of the molecule is CCCc1c(OCCCN(C)c2ccc(C(=O)O)c(OC)c2)ccc(C(=N)C(F)(F)F)c1O. The second-order valence-electron chi connectivity index (χ2n) is 7.37. The van der Waals surface area contributed by atoms with Gasteiger partial charge in [0, 0.05) is 36.5 Å². The fraction of sp³-hybridized carbons (Fsp3) is 0.391. The molecular weight excluding hydrogens is 441 g/mol. The standard InChI is InChI=1S/C23H27F3N2O5/c1-4-6-15-18(10-9-17(20(15)29)21(27)23(24,25)26)33-12-5-11-28(2)14-7-8-16(22(30)31)19(13-14)32-3/h7-10,13,27,29H,4-6,11-12H2,1-3H3,(H,30,31). The summed E-state index contributed by atoms with van der Waals surface area (Å²) in [4.78, 5) is 13.1. The topological polar surface area (TPSA) is 103 Å². The molecule has 180 valence electrons. The fourth-order valence-electron chi connectivity index (χ4n) is 3.31. The summed E-state index contributed by atoms with van der Waals surface area (Å²) in [7, 11) is 3.21. The van der Waals surface area contributed by atoms with Crippen molar-refractivity contribution in [1.82, 2.24) is 0 Å². The first-order valence-corrected chi connectivity index (χ1v) is 10.3. The van der Waals surface area contributed by atoms with Crippen LogP contribution in [0.25, 0.3) is 0 Å². The zero-order chi connectivity index (χ0) is 24.8. The van der Waals surface area contributed by atoms with Crippen molar-refractivity contribution in [2.75, 3.05) is 32.2 Å². The van der Waals surface area contributed by atoms with Gasteiger partial charge in [-0.3, -0.25) is 5.41 Å². The monoisotopic (exact) mass is 468 g/mol. The Morgan fingerprint density at radius 1 is 1.15 bits per heavy atom. The first-order valence-electron chi connectivity index (χ1n) is 10.3. The van der Waals surface area contributed by atoms with Gasteiger partial charge in [-0.05, 0) is 37.1 Å². The second-order valence-corrected chi connectivity index (χ2v) is 7.37. The number of rotatable bonds is 11. The molecule has 0 fully saturated rings. The van der Waals surface area contributed by atoms with Gasteiger partial charge in [0.2, 0.25) is 0 Å². The lowest BCUT2D eigenvalue weighted by Crippen LogP contribution is -2.23. The maximum absolute atomic E-state index is 12.9. The van der Waals surface area contributed by atoms with Crippen molar-refractivity contribution < 1.29 is 37.7 Å². The Bertz CT molecular complexity index is 1010. The number of hydrogen-bond acceptors (Lipinski definition) is 6. The van der Waals surface area contributed by atoms with E-state index in [9.17, 15) is 28.2 Å². The fourth-order valence-corrected chi connectivity index (χ4v) is 3.31. The average molecular weight is 468 g/mol. The van der Waals surface area contributed by atoms with Gasteiger partial charge in [-0.15, -0.1) is 0 Å². The summed E-state index contributed by atoms with van der Waals surface area (Å²) in [6.07, 6.45) is -3.44. The molecule has 2 rings (SSSR count). The molecule has 0 heterocycles. The number of hydrogen-bond donors (Lipinski definition) is 3. The molecule has 0 bridgehead atoms. The first kappa shape index (κ1) is 25.8. The minimum Gasteiger partial charge on any atom is -0.507 e. The number of nitrogens with one attached hydrogen (secondary N) is 1. The van der Waals surface area contributed by atoms with Crippen LogP contribution in [0.1, 0.15) is 41.3 Å². The summed E-state index contributed by atoms with van der Waals surface area (Å²) in [5.41, 5.74) is -1.13. The molecule has 0 unspecified atom stereocenters. The van der Waals surface area contributed by atoms with Crippen LogP contribution in [0.15, 0.2) is 30.3 Å². The quantitative estimate of drug-likeness (QED) is 0.321. The van der Waals surface area contributed by atoms with Crippen molar-refractivity contribution in [3.8, 4) is 17.2 Å². The molecule has 0 saturated carbocycles. The predicted octanol–water partition coefficient (Wildman–Crippen LogP) is 4.89. The van der Waals surface area contributed by atoms with Crippen molar-refractivity contribution in [1.29, 1.82) is 5.41 Å². The van der Waals surface area contributed by atoms with Crippen molar-refractivity contribution in [2.24, 2.45) is 0 Å². The maximum Gasteiger partial charge on any atom is 0.433 e. The minimum atomic E-state index is -4.86. The minimum absolute atomic E-state index is 0.0586. The lowest BCUT2D eigenvalue weighted by Gasteiger charge is -2.21. The Hall–Kier alpha value is -3.43. The number of carboxylic acid groups (broad SMARTS) is 1. The maximum atomic E-state index is 12.9. The van der Waals surface area contributed by atoms with Gasteiger partial charge in [-0.1, -0.05) is 13.3 Å². The number of carbonyl (C=O) groups is 1. The highest BCUT2D eigenvalue weighted by atomic mass is 19.4. The third-order valence-corrected chi connectivity index (χ3v) is 5.04. The Labute approximate surface area is 189 Å². The average Bonchev–Trinajstić information content (AvgIpc) is 2.77. The number of phenols is 1. The molecule has 0 aliphatic heterocycles. The highest BCUT2D eigenvalue weighted by Gasteiger charge is 2.37. The Kier molecular flexibility index (Phi) is 8.56. The van der Waals surface area contributed by atoms with Crippen molar-refractivity contribution in [3.05, 3.63) is 47.0 Å². The molecule has 0 amide bonds. The summed E-state index contributed by atoms with van der Waals surface area (Å²) in [6.45, 7) is 2.60. The number of halogens is 3. The zero-order valence-electron chi connectivity index (χ0n) is 18.6. The molecule has 33 heavy (non-hydrogen) atoms. The Morgan fingerprint density at radius 2 is 1.82 bits per heavy atom. The number of nitrogens with zero attached hydrogens (tertiary/aromatic N) is 1. The summed E-state index contributed by atoms with van der Waals surface area (Å²) >= 11 is 0. The molecule has 0 saturated heterocycles. The number of phenolic OH excluding ortho intramolecular Hbond substituents is 1. The molecule has 0 aromatic heterocycles. The number of carboxylic acids is 1. The van der Waals surface area contributed by atoms with Gasteiger partial charge in [0.05, 0.1) is 13.7 Å². The van der Waals surface area contributed by atoms with Gasteiger partial charge in [-0.2, -0.15) is 13.2 Å².